The smallest absolute Gasteiger partial charge is 0.265 e. The lowest BCUT2D eigenvalue weighted by Gasteiger charge is -2.33. The molecule has 31 heavy (non-hydrogen) atoms. The summed E-state index contributed by atoms with van der Waals surface area (Å²) in [6.45, 7) is 3.02. The molecule has 0 unspecified atom stereocenters. The molecule has 1 aromatic heterocycles. The Hall–Kier alpha value is -3.00. The van der Waals surface area contributed by atoms with Crippen LogP contribution in [0.4, 0.5) is 10.1 Å². The van der Waals surface area contributed by atoms with E-state index < -0.39 is 15.8 Å². The largest absolute Gasteiger partial charge is 0.341 e. The molecule has 0 atom stereocenters. The van der Waals surface area contributed by atoms with Crippen molar-refractivity contribution in [3.05, 3.63) is 66.7 Å². The zero-order valence-electron chi connectivity index (χ0n) is 17.2. The topological polar surface area (TPSA) is 70.6 Å². The molecule has 162 valence electrons. The van der Waals surface area contributed by atoms with Gasteiger partial charge in [0, 0.05) is 36.3 Å². The Bertz CT molecular complexity index is 1180. The number of rotatable bonds is 5. The molecule has 0 saturated carbocycles. The highest BCUT2D eigenvalue weighted by Gasteiger charge is 2.31. The number of nitrogens with zero attached hydrogens (tertiary/aromatic N) is 3. The average molecular weight is 442 g/mol. The molecular formula is C23H24FN3O3S. The number of hydrogen-bond donors (Lipinski definition) is 0. The molecule has 1 amide bonds. The summed E-state index contributed by atoms with van der Waals surface area (Å²) in [4.78, 5) is 18.9. The zero-order chi connectivity index (χ0) is 22.0. The summed E-state index contributed by atoms with van der Waals surface area (Å²) in [6, 6.07) is 11.7. The van der Waals surface area contributed by atoms with Crippen LogP contribution in [-0.4, -0.2) is 43.8 Å². The van der Waals surface area contributed by atoms with E-state index >= 15 is 0 Å². The van der Waals surface area contributed by atoms with Gasteiger partial charge in [-0.1, -0.05) is 19.1 Å². The first-order valence-electron chi connectivity index (χ1n) is 10.2. The molecule has 0 N–H and O–H groups in total. The minimum atomic E-state index is -4.10. The Morgan fingerprint density at radius 1 is 1.13 bits per heavy atom. The molecule has 0 bridgehead atoms. The minimum Gasteiger partial charge on any atom is -0.341 e. The van der Waals surface area contributed by atoms with Gasteiger partial charge in [0.05, 0.1) is 10.6 Å². The molecule has 1 aliphatic heterocycles. The number of carbonyl (C=O) groups excluding carboxylic acids is 1. The summed E-state index contributed by atoms with van der Waals surface area (Å²) in [5, 5.41) is 1.20. The van der Waals surface area contributed by atoms with Gasteiger partial charge in [0.1, 0.15) is 12.4 Å². The lowest BCUT2D eigenvalue weighted by atomic mass is 9.99. The van der Waals surface area contributed by atoms with Gasteiger partial charge in [-0.15, -0.1) is 0 Å². The highest BCUT2D eigenvalue weighted by Crippen LogP contribution is 2.29. The number of anilines is 1. The summed E-state index contributed by atoms with van der Waals surface area (Å²) in [6.07, 6.45) is 4.91. The first-order chi connectivity index (χ1) is 14.9. The Kier molecular flexibility index (Phi) is 5.91. The molecule has 2 heterocycles. The predicted octanol–water partition coefficient (Wildman–Crippen LogP) is 3.83. The van der Waals surface area contributed by atoms with Crippen molar-refractivity contribution < 1.29 is 17.6 Å². The van der Waals surface area contributed by atoms with Crippen molar-refractivity contribution in [2.24, 2.45) is 5.92 Å². The number of benzene rings is 2. The quantitative estimate of drug-likeness (QED) is 0.603. The third kappa shape index (κ3) is 4.39. The Balaban J connectivity index is 1.74. The van der Waals surface area contributed by atoms with Crippen LogP contribution in [0.5, 0.6) is 0 Å². The molecule has 1 fully saturated rings. The van der Waals surface area contributed by atoms with E-state index in [2.05, 4.69) is 11.9 Å². The van der Waals surface area contributed by atoms with E-state index in [1.165, 1.54) is 36.5 Å². The Labute approximate surface area is 181 Å². The molecule has 0 spiro atoms. The van der Waals surface area contributed by atoms with E-state index in [0.717, 1.165) is 17.1 Å². The van der Waals surface area contributed by atoms with Gasteiger partial charge >= 0.3 is 0 Å². The van der Waals surface area contributed by atoms with E-state index in [-0.39, 0.29) is 23.0 Å². The molecule has 1 aliphatic rings. The fourth-order valence-electron chi connectivity index (χ4n) is 3.84. The second-order valence-corrected chi connectivity index (χ2v) is 9.74. The molecular weight excluding hydrogens is 417 g/mol. The van der Waals surface area contributed by atoms with Gasteiger partial charge < -0.3 is 4.90 Å². The number of halogens is 1. The van der Waals surface area contributed by atoms with Crippen LogP contribution in [0.25, 0.3) is 10.8 Å². The first-order valence-corrected chi connectivity index (χ1v) is 11.7. The third-order valence-electron chi connectivity index (χ3n) is 5.74. The SMILES string of the molecule is CC1CCN(C(=O)CN(c2ccc(F)cc2)S(=O)(=O)c2cccc3cnccc23)CC1. The number of amides is 1. The summed E-state index contributed by atoms with van der Waals surface area (Å²) >= 11 is 0. The summed E-state index contributed by atoms with van der Waals surface area (Å²) < 4.78 is 42.1. The number of pyridine rings is 1. The Morgan fingerprint density at radius 3 is 2.55 bits per heavy atom. The van der Waals surface area contributed by atoms with Crippen molar-refractivity contribution in [1.29, 1.82) is 0 Å². The lowest BCUT2D eigenvalue weighted by Crippen LogP contribution is -2.45. The summed E-state index contributed by atoms with van der Waals surface area (Å²) in [5.41, 5.74) is 0.242. The number of aromatic nitrogens is 1. The zero-order valence-corrected chi connectivity index (χ0v) is 18.1. The van der Waals surface area contributed by atoms with E-state index in [4.69, 9.17) is 0 Å². The predicted molar refractivity (Wildman–Crippen MR) is 118 cm³/mol. The Morgan fingerprint density at radius 2 is 1.84 bits per heavy atom. The van der Waals surface area contributed by atoms with Gasteiger partial charge in [0.25, 0.3) is 10.0 Å². The van der Waals surface area contributed by atoms with Crippen LogP contribution in [0, 0.1) is 11.7 Å². The monoisotopic (exact) mass is 441 g/mol. The van der Waals surface area contributed by atoms with Crippen molar-refractivity contribution in [1.82, 2.24) is 9.88 Å². The molecule has 0 radical (unpaired) electrons. The second kappa shape index (κ2) is 8.63. The normalized spacial score (nSPS) is 15.2. The van der Waals surface area contributed by atoms with Crippen molar-refractivity contribution in [2.45, 2.75) is 24.7 Å². The number of piperidine rings is 1. The van der Waals surface area contributed by atoms with Gasteiger partial charge in [-0.2, -0.15) is 0 Å². The molecule has 8 heteroatoms. The number of likely N-dealkylation sites (tertiary alicyclic amines) is 1. The molecule has 2 aromatic carbocycles. The lowest BCUT2D eigenvalue weighted by molar-refractivity contribution is -0.130. The molecule has 1 saturated heterocycles. The minimum absolute atomic E-state index is 0.0804. The second-order valence-electron chi connectivity index (χ2n) is 7.90. The van der Waals surface area contributed by atoms with Crippen molar-refractivity contribution in [2.75, 3.05) is 23.9 Å². The van der Waals surface area contributed by atoms with Crippen LogP contribution in [0.3, 0.4) is 0 Å². The molecule has 0 aliphatic carbocycles. The maximum atomic E-state index is 13.7. The summed E-state index contributed by atoms with van der Waals surface area (Å²) in [5.74, 6) is -0.194. The van der Waals surface area contributed by atoms with Crippen LogP contribution < -0.4 is 4.31 Å². The third-order valence-corrected chi connectivity index (χ3v) is 7.57. The van der Waals surface area contributed by atoms with Crippen LogP contribution in [0.1, 0.15) is 19.8 Å². The number of carbonyl (C=O) groups is 1. The van der Waals surface area contributed by atoms with E-state index in [1.54, 1.807) is 29.3 Å². The van der Waals surface area contributed by atoms with E-state index in [1.807, 2.05) is 0 Å². The van der Waals surface area contributed by atoms with Crippen molar-refractivity contribution in [3.8, 4) is 0 Å². The maximum absolute atomic E-state index is 13.7. The molecule has 6 nitrogen and oxygen atoms in total. The highest BCUT2D eigenvalue weighted by molar-refractivity contribution is 7.93. The van der Waals surface area contributed by atoms with Crippen LogP contribution in [0.2, 0.25) is 0 Å². The van der Waals surface area contributed by atoms with Gasteiger partial charge in [-0.3, -0.25) is 14.1 Å². The maximum Gasteiger partial charge on any atom is 0.265 e. The number of fused-ring (bicyclic) bond motifs is 1. The van der Waals surface area contributed by atoms with Gasteiger partial charge in [0.15, 0.2) is 0 Å². The van der Waals surface area contributed by atoms with E-state index in [9.17, 15) is 17.6 Å². The van der Waals surface area contributed by atoms with Crippen LogP contribution in [0.15, 0.2) is 65.8 Å². The molecule has 4 rings (SSSR count). The first kappa shape index (κ1) is 21.2. The fraction of sp³-hybridized carbons (Fsp3) is 0.304. The summed E-state index contributed by atoms with van der Waals surface area (Å²) in [7, 11) is -4.10. The number of sulfonamides is 1. The average Bonchev–Trinajstić information content (AvgIpc) is 2.78. The fourth-order valence-corrected chi connectivity index (χ4v) is 5.47. The molecule has 3 aromatic rings. The van der Waals surface area contributed by atoms with Crippen molar-refractivity contribution in [3.63, 3.8) is 0 Å². The van der Waals surface area contributed by atoms with Gasteiger partial charge in [0.2, 0.25) is 5.91 Å². The standard InChI is InChI=1S/C23H24FN3O3S/c1-17-10-13-26(14-11-17)23(28)16-27(20-7-5-19(24)6-8-20)31(29,30)22-4-2-3-18-15-25-12-9-21(18)22/h2-9,12,15,17H,10-11,13-14,16H2,1H3. The van der Waals surface area contributed by atoms with Gasteiger partial charge in [-0.05, 0) is 55.2 Å². The van der Waals surface area contributed by atoms with Crippen LogP contribution >= 0.6 is 0 Å². The van der Waals surface area contributed by atoms with Crippen molar-refractivity contribution >= 4 is 32.4 Å². The number of hydrogen-bond acceptors (Lipinski definition) is 4. The van der Waals surface area contributed by atoms with Crippen LogP contribution in [-0.2, 0) is 14.8 Å². The van der Waals surface area contributed by atoms with E-state index in [0.29, 0.717) is 29.8 Å². The highest BCUT2D eigenvalue weighted by atomic mass is 32.2. The van der Waals surface area contributed by atoms with Gasteiger partial charge in [-0.25, -0.2) is 12.8 Å².